The van der Waals surface area contributed by atoms with Gasteiger partial charge in [0.1, 0.15) is 11.5 Å². The van der Waals surface area contributed by atoms with E-state index in [0.717, 1.165) is 5.56 Å². The Bertz CT molecular complexity index is 994. The molecule has 9 heteroatoms. The van der Waals surface area contributed by atoms with E-state index in [2.05, 4.69) is 15.7 Å². The highest BCUT2D eigenvalue weighted by atomic mass is 35.5. The molecule has 146 valence electrons. The maximum atomic E-state index is 6.22. The van der Waals surface area contributed by atoms with E-state index in [-0.39, 0.29) is 0 Å². The van der Waals surface area contributed by atoms with Crippen LogP contribution in [0.25, 0.3) is 0 Å². The lowest BCUT2D eigenvalue weighted by atomic mass is 10.2. The fraction of sp³-hybridized carbons (Fsp3) is 0.158. The smallest absolute Gasteiger partial charge is 0.176 e. The maximum Gasteiger partial charge on any atom is 0.176 e. The second-order valence-electron chi connectivity index (χ2n) is 5.78. The fourth-order valence-electron chi connectivity index (χ4n) is 2.52. The van der Waals surface area contributed by atoms with Crippen molar-refractivity contribution >= 4 is 52.0 Å². The number of hydrogen-bond acceptors (Lipinski definition) is 4. The number of nitrogens with one attached hydrogen (secondary N) is 2. The second-order valence-corrected chi connectivity index (χ2v) is 7.03. The first-order chi connectivity index (χ1) is 13.5. The Morgan fingerprint density at radius 1 is 1.07 bits per heavy atom. The van der Waals surface area contributed by atoms with Gasteiger partial charge < -0.3 is 20.1 Å². The number of hydrogen-bond donors (Lipinski definition) is 2. The van der Waals surface area contributed by atoms with Gasteiger partial charge >= 0.3 is 0 Å². The van der Waals surface area contributed by atoms with Gasteiger partial charge in [-0.1, -0.05) is 29.3 Å². The molecule has 0 bridgehead atoms. The van der Waals surface area contributed by atoms with E-state index in [9.17, 15) is 0 Å². The van der Waals surface area contributed by atoms with Crippen LogP contribution in [0.1, 0.15) is 5.56 Å². The third-order valence-electron chi connectivity index (χ3n) is 3.88. The maximum absolute atomic E-state index is 6.22. The molecule has 0 amide bonds. The average Bonchev–Trinajstić information content (AvgIpc) is 3.10. The molecule has 3 aromatic rings. The van der Waals surface area contributed by atoms with E-state index in [1.807, 2.05) is 24.4 Å². The number of nitrogens with zero attached hydrogens (tertiary/aromatic N) is 2. The predicted octanol–water partition coefficient (Wildman–Crippen LogP) is 5.06. The molecule has 0 fully saturated rings. The van der Waals surface area contributed by atoms with Crippen molar-refractivity contribution < 1.29 is 9.47 Å². The number of ether oxygens (including phenoxy) is 2. The van der Waals surface area contributed by atoms with Crippen molar-refractivity contribution in [2.75, 3.05) is 24.9 Å². The zero-order valence-electron chi connectivity index (χ0n) is 15.2. The summed E-state index contributed by atoms with van der Waals surface area (Å²) in [6.07, 6.45) is 1.84. The van der Waals surface area contributed by atoms with Crippen molar-refractivity contribution in [1.82, 2.24) is 9.78 Å². The molecule has 28 heavy (non-hydrogen) atoms. The Labute approximate surface area is 178 Å². The number of thiocarbonyl (C=S) groups is 1. The Balaban J connectivity index is 1.66. The number of benzene rings is 2. The Morgan fingerprint density at radius 2 is 1.89 bits per heavy atom. The zero-order chi connectivity index (χ0) is 20.1. The molecular weight excluding hydrogens is 419 g/mol. The van der Waals surface area contributed by atoms with Crippen LogP contribution in [0.4, 0.5) is 11.5 Å². The van der Waals surface area contributed by atoms with Crippen LogP contribution in [-0.2, 0) is 6.54 Å². The number of aromatic nitrogens is 2. The van der Waals surface area contributed by atoms with Crippen molar-refractivity contribution in [3.63, 3.8) is 0 Å². The van der Waals surface area contributed by atoms with E-state index < -0.39 is 0 Å². The molecule has 6 nitrogen and oxygen atoms in total. The second kappa shape index (κ2) is 9.14. The largest absolute Gasteiger partial charge is 0.497 e. The molecule has 0 saturated heterocycles. The van der Waals surface area contributed by atoms with Gasteiger partial charge in [0, 0.05) is 28.4 Å². The van der Waals surface area contributed by atoms with Crippen LogP contribution in [0.3, 0.4) is 0 Å². The number of halogens is 2. The van der Waals surface area contributed by atoms with E-state index in [1.165, 1.54) is 0 Å². The minimum atomic E-state index is 0.376. The summed E-state index contributed by atoms with van der Waals surface area (Å²) < 4.78 is 12.3. The summed E-state index contributed by atoms with van der Waals surface area (Å²) >= 11 is 17.5. The third-order valence-corrected chi connectivity index (χ3v) is 4.68. The van der Waals surface area contributed by atoms with Crippen LogP contribution in [0, 0.1) is 0 Å². The van der Waals surface area contributed by atoms with Crippen LogP contribution in [0.2, 0.25) is 10.0 Å². The van der Waals surface area contributed by atoms with E-state index in [1.54, 1.807) is 43.2 Å². The van der Waals surface area contributed by atoms with Crippen molar-refractivity contribution in [2.24, 2.45) is 0 Å². The molecule has 0 radical (unpaired) electrons. The number of methoxy groups -OCH3 is 2. The van der Waals surface area contributed by atoms with E-state index in [0.29, 0.717) is 44.7 Å². The lowest BCUT2D eigenvalue weighted by Gasteiger charge is -2.13. The van der Waals surface area contributed by atoms with Crippen LogP contribution >= 0.6 is 35.4 Å². The van der Waals surface area contributed by atoms with Crippen molar-refractivity contribution in [1.29, 1.82) is 0 Å². The predicted molar refractivity (Wildman–Crippen MR) is 117 cm³/mol. The highest BCUT2D eigenvalue weighted by molar-refractivity contribution is 7.80. The summed E-state index contributed by atoms with van der Waals surface area (Å²) in [4.78, 5) is 0. The van der Waals surface area contributed by atoms with Gasteiger partial charge in [-0.2, -0.15) is 5.10 Å². The first kappa shape index (κ1) is 20.3. The van der Waals surface area contributed by atoms with Crippen molar-refractivity contribution in [2.45, 2.75) is 6.54 Å². The first-order valence-electron chi connectivity index (χ1n) is 8.26. The Hall–Kier alpha value is -2.48. The molecule has 1 heterocycles. The highest BCUT2D eigenvalue weighted by Gasteiger charge is 2.09. The normalized spacial score (nSPS) is 10.4. The summed E-state index contributed by atoms with van der Waals surface area (Å²) in [5.41, 5.74) is 1.61. The molecule has 0 unspecified atom stereocenters. The van der Waals surface area contributed by atoms with Crippen molar-refractivity contribution in [3.8, 4) is 11.5 Å². The van der Waals surface area contributed by atoms with Crippen LogP contribution < -0.4 is 20.1 Å². The minimum Gasteiger partial charge on any atom is -0.497 e. The number of anilines is 2. The molecular formula is C19H18Cl2N4O2S. The first-order valence-corrected chi connectivity index (χ1v) is 9.42. The molecule has 0 atom stereocenters. The molecule has 0 saturated carbocycles. The lowest BCUT2D eigenvalue weighted by Crippen LogP contribution is -2.20. The summed E-state index contributed by atoms with van der Waals surface area (Å²) in [6.45, 7) is 0.515. The summed E-state index contributed by atoms with van der Waals surface area (Å²) in [5, 5.41) is 12.2. The third kappa shape index (κ3) is 5.07. The van der Waals surface area contributed by atoms with Gasteiger partial charge in [-0.15, -0.1) is 0 Å². The Morgan fingerprint density at radius 3 is 2.61 bits per heavy atom. The molecule has 0 aliphatic carbocycles. The van der Waals surface area contributed by atoms with Gasteiger partial charge in [-0.3, -0.25) is 4.68 Å². The molecule has 3 rings (SSSR count). The summed E-state index contributed by atoms with van der Waals surface area (Å²) in [6, 6.07) is 12.6. The molecule has 2 N–H and O–H groups in total. The SMILES string of the molecule is COc1ccc(OC)c(NC(=S)Nc2ccn(Cc3ccc(Cl)cc3Cl)n2)c1. The van der Waals surface area contributed by atoms with Crippen LogP contribution in [-0.4, -0.2) is 29.1 Å². The molecule has 0 spiro atoms. The van der Waals surface area contributed by atoms with Gasteiger partial charge in [-0.25, -0.2) is 0 Å². The van der Waals surface area contributed by atoms with Gasteiger partial charge in [-0.05, 0) is 42.0 Å². The topological polar surface area (TPSA) is 60.3 Å². The fourth-order valence-corrected chi connectivity index (χ4v) is 3.21. The van der Waals surface area contributed by atoms with Gasteiger partial charge in [0.15, 0.2) is 10.9 Å². The number of rotatable bonds is 6. The summed E-state index contributed by atoms with van der Waals surface area (Å²) in [7, 11) is 3.19. The average molecular weight is 437 g/mol. The van der Waals surface area contributed by atoms with Crippen LogP contribution in [0.15, 0.2) is 48.7 Å². The van der Waals surface area contributed by atoms with E-state index in [4.69, 9.17) is 44.9 Å². The quantitative estimate of drug-likeness (QED) is 0.526. The van der Waals surface area contributed by atoms with Crippen molar-refractivity contribution in [3.05, 3.63) is 64.3 Å². The highest BCUT2D eigenvalue weighted by Crippen LogP contribution is 2.29. The molecule has 1 aromatic heterocycles. The van der Waals surface area contributed by atoms with Gasteiger partial charge in [0.25, 0.3) is 0 Å². The van der Waals surface area contributed by atoms with Gasteiger partial charge in [0.05, 0.1) is 26.5 Å². The van der Waals surface area contributed by atoms with Gasteiger partial charge in [0.2, 0.25) is 0 Å². The monoisotopic (exact) mass is 436 g/mol. The minimum absolute atomic E-state index is 0.376. The molecule has 0 aliphatic heterocycles. The van der Waals surface area contributed by atoms with Crippen LogP contribution in [0.5, 0.6) is 11.5 Å². The summed E-state index contributed by atoms with van der Waals surface area (Å²) in [5.74, 6) is 1.94. The molecule has 0 aliphatic rings. The standard InChI is InChI=1S/C19H18Cl2N4O2S/c1-26-14-5-6-17(27-2)16(10-14)22-19(28)23-18-7-8-25(24-18)11-12-3-4-13(20)9-15(12)21/h3-10H,11H2,1-2H3,(H2,22,23,24,28). The van der Waals surface area contributed by atoms with E-state index >= 15 is 0 Å². The lowest BCUT2D eigenvalue weighted by molar-refractivity contribution is 0.405. The zero-order valence-corrected chi connectivity index (χ0v) is 17.5. The molecule has 2 aromatic carbocycles. The Kier molecular flexibility index (Phi) is 6.61.